The SMILES string of the molecule is O=C1c2ccc(OCCS(=O)(=O)O)cc2C(=O)c2cc(OCCS(=O)(=O)O)ccc21. The first-order chi connectivity index (χ1) is 13.9. The number of hydrogen-bond donors (Lipinski definition) is 2. The molecule has 2 aromatic carbocycles. The third kappa shape index (κ3) is 5.21. The normalized spacial score (nSPS) is 13.5. The van der Waals surface area contributed by atoms with Gasteiger partial charge in [0, 0.05) is 22.3 Å². The molecule has 12 heteroatoms. The molecule has 0 spiro atoms. The van der Waals surface area contributed by atoms with Gasteiger partial charge in [-0.1, -0.05) is 0 Å². The van der Waals surface area contributed by atoms with E-state index in [9.17, 15) is 26.4 Å². The second-order valence-electron chi connectivity index (χ2n) is 6.34. The molecule has 30 heavy (non-hydrogen) atoms. The van der Waals surface area contributed by atoms with Crippen LogP contribution in [0.3, 0.4) is 0 Å². The van der Waals surface area contributed by atoms with Crippen LogP contribution in [0.5, 0.6) is 11.5 Å². The molecule has 0 heterocycles. The van der Waals surface area contributed by atoms with E-state index in [4.69, 9.17) is 18.6 Å². The fourth-order valence-electron chi connectivity index (χ4n) is 2.82. The Morgan fingerprint density at radius 2 is 1.00 bits per heavy atom. The van der Waals surface area contributed by atoms with Gasteiger partial charge in [-0.05, 0) is 36.4 Å². The molecule has 0 fully saturated rings. The predicted octanol–water partition coefficient (Wildman–Crippen LogP) is 0.995. The van der Waals surface area contributed by atoms with E-state index in [1.165, 1.54) is 36.4 Å². The highest BCUT2D eigenvalue weighted by Gasteiger charge is 2.30. The van der Waals surface area contributed by atoms with Crippen LogP contribution in [0, 0.1) is 0 Å². The molecular weight excluding hydrogens is 440 g/mol. The van der Waals surface area contributed by atoms with Crippen LogP contribution in [0.15, 0.2) is 36.4 Å². The fourth-order valence-corrected chi connectivity index (χ4v) is 3.41. The molecule has 3 rings (SSSR count). The van der Waals surface area contributed by atoms with E-state index in [1.54, 1.807) is 0 Å². The van der Waals surface area contributed by atoms with Crippen LogP contribution in [-0.2, 0) is 20.2 Å². The summed E-state index contributed by atoms with van der Waals surface area (Å²) in [5.41, 5.74) is 0.392. The van der Waals surface area contributed by atoms with Crippen LogP contribution < -0.4 is 9.47 Å². The van der Waals surface area contributed by atoms with Gasteiger partial charge >= 0.3 is 0 Å². The largest absolute Gasteiger partial charge is 0.492 e. The number of hydrogen-bond acceptors (Lipinski definition) is 8. The molecule has 0 bridgehead atoms. The van der Waals surface area contributed by atoms with Crippen molar-refractivity contribution in [1.82, 2.24) is 0 Å². The molecule has 2 aromatic rings. The zero-order valence-corrected chi connectivity index (χ0v) is 16.9. The second-order valence-corrected chi connectivity index (χ2v) is 9.49. The summed E-state index contributed by atoms with van der Waals surface area (Å²) in [5, 5.41) is 0. The summed E-state index contributed by atoms with van der Waals surface area (Å²) in [6.07, 6.45) is 0. The minimum atomic E-state index is -4.21. The Balaban J connectivity index is 1.83. The minimum absolute atomic E-state index is 0.0481. The fraction of sp³-hybridized carbons (Fsp3) is 0.222. The van der Waals surface area contributed by atoms with Crippen LogP contribution in [0.1, 0.15) is 31.8 Å². The maximum atomic E-state index is 12.9. The van der Waals surface area contributed by atoms with Crippen molar-refractivity contribution in [2.75, 3.05) is 24.7 Å². The number of ketones is 2. The maximum Gasteiger partial charge on any atom is 0.268 e. The van der Waals surface area contributed by atoms with E-state index in [0.717, 1.165) is 0 Å². The average molecular weight is 456 g/mol. The topological polar surface area (TPSA) is 161 Å². The molecule has 160 valence electrons. The van der Waals surface area contributed by atoms with Crippen molar-refractivity contribution in [2.24, 2.45) is 0 Å². The van der Waals surface area contributed by atoms with Gasteiger partial charge in [0.1, 0.15) is 36.2 Å². The molecule has 10 nitrogen and oxygen atoms in total. The Bertz CT molecular complexity index is 1140. The molecule has 0 saturated heterocycles. The predicted molar refractivity (Wildman–Crippen MR) is 104 cm³/mol. The Morgan fingerprint density at radius 3 is 1.37 bits per heavy atom. The van der Waals surface area contributed by atoms with Crippen molar-refractivity contribution in [3.05, 3.63) is 58.7 Å². The first-order valence-electron chi connectivity index (χ1n) is 8.48. The standard InChI is InChI=1S/C18H16O10S2/c19-17-13-3-1-11(27-5-7-29(21,22)23)9-15(13)18(20)16-10-12(2-4-14(16)17)28-6-8-30(24,25)26/h1-4,9-10H,5-8H2,(H,21,22,23)(H,24,25,26). The van der Waals surface area contributed by atoms with Crippen LogP contribution in [0.25, 0.3) is 0 Å². The first kappa shape index (κ1) is 21.9. The zero-order valence-electron chi connectivity index (χ0n) is 15.3. The number of ether oxygens (including phenoxy) is 2. The molecule has 1 aliphatic carbocycles. The number of rotatable bonds is 8. The average Bonchev–Trinajstić information content (AvgIpc) is 2.64. The van der Waals surface area contributed by atoms with Crippen LogP contribution in [-0.4, -0.2) is 62.2 Å². The van der Waals surface area contributed by atoms with Crippen molar-refractivity contribution in [1.29, 1.82) is 0 Å². The molecule has 0 unspecified atom stereocenters. The van der Waals surface area contributed by atoms with Crippen LogP contribution >= 0.6 is 0 Å². The summed E-state index contributed by atoms with van der Waals surface area (Å²) in [7, 11) is -8.41. The molecule has 2 N–H and O–H groups in total. The van der Waals surface area contributed by atoms with Crippen molar-refractivity contribution >= 4 is 31.8 Å². The summed E-state index contributed by atoms with van der Waals surface area (Å²) < 4.78 is 71.0. The zero-order chi connectivity index (χ0) is 22.1. The van der Waals surface area contributed by atoms with Gasteiger partial charge < -0.3 is 9.47 Å². The third-order valence-electron chi connectivity index (χ3n) is 4.18. The van der Waals surface area contributed by atoms with Crippen molar-refractivity contribution < 1.29 is 45.0 Å². The molecule has 0 aromatic heterocycles. The lowest BCUT2D eigenvalue weighted by molar-refractivity contribution is 0.0978. The Morgan fingerprint density at radius 1 is 0.633 bits per heavy atom. The van der Waals surface area contributed by atoms with E-state index in [-0.39, 0.29) is 47.0 Å². The summed E-state index contributed by atoms with van der Waals surface area (Å²) in [6, 6.07) is 8.19. The van der Waals surface area contributed by atoms with Gasteiger partial charge in [-0.2, -0.15) is 16.8 Å². The summed E-state index contributed by atoms with van der Waals surface area (Å²) in [4.78, 5) is 25.6. The number of benzene rings is 2. The molecule has 0 saturated carbocycles. The highest BCUT2D eigenvalue weighted by atomic mass is 32.2. The highest BCUT2D eigenvalue weighted by molar-refractivity contribution is 7.86. The second kappa shape index (κ2) is 8.14. The van der Waals surface area contributed by atoms with Gasteiger partial charge in [-0.25, -0.2) is 0 Å². The van der Waals surface area contributed by atoms with Crippen molar-refractivity contribution in [3.8, 4) is 11.5 Å². The summed E-state index contributed by atoms with van der Waals surface area (Å²) in [5.74, 6) is -1.90. The van der Waals surface area contributed by atoms with Crippen molar-refractivity contribution in [3.63, 3.8) is 0 Å². The van der Waals surface area contributed by atoms with Crippen LogP contribution in [0.4, 0.5) is 0 Å². The van der Waals surface area contributed by atoms with Gasteiger partial charge in [0.15, 0.2) is 11.6 Å². The molecular formula is C18H16O10S2. The quantitative estimate of drug-likeness (QED) is 0.468. The third-order valence-corrected chi connectivity index (χ3v) is 5.55. The lowest BCUT2D eigenvalue weighted by atomic mass is 9.84. The molecule has 0 amide bonds. The van der Waals surface area contributed by atoms with Crippen molar-refractivity contribution in [2.45, 2.75) is 0 Å². The first-order valence-corrected chi connectivity index (χ1v) is 11.7. The van der Waals surface area contributed by atoms with Gasteiger partial charge in [0.2, 0.25) is 0 Å². The smallest absolute Gasteiger partial charge is 0.268 e. The molecule has 1 aliphatic rings. The van der Waals surface area contributed by atoms with Gasteiger partial charge in [0.05, 0.1) is 0 Å². The number of fused-ring (bicyclic) bond motifs is 2. The summed E-state index contributed by atoms with van der Waals surface area (Å²) >= 11 is 0. The number of carbonyl (C=O) groups excluding carboxylic acids is 2. The lowest BCUT2D eigenvalue weighted by Crippen LogP contribution is -2.21. The minimum Gasteiger partial charge on any atom is -0.492 e. The van der Waals surface area contributed by atoms with E-state index in [1.807, 2.05) is 0 Å². The van der Waals surface area contributed by atoms with Crippen LogP contribution in [0.2, 0.25) is 0 Å². The van der Waals surface area contributed by atoms with Gasteiger partial charge in [-0.3, -0.25) is 18.7 Å². The molecule has 0 atom stereocenters. The Labute approximate surface area is 171 Å². The van der Waals surface area contributed by atoms with E-state index >= 15 is 0 Å². The van der Waals surface area contributed by atoms with E-state index in [2.05, 4.69) is 0 Å². The molecule has 0 aliphatic heterocycles. The highest BCUT2D eigenvalue weighted by Crippen LogP contribution is 2.32. The van der Waals surface area contributed by atoms with Gasteiger partial charge in [0.25, 0.3) is 20.2 Å². The lowest BCUT2D eigenvalue weighted by Gasteiger charge is -2.19. The Hall–Kier alpha value is -2.80. The number of carbonyl (C=O) groups is 2. The van der Waals surface area contributed by atoms with E-state index in [0.29, 0.717) is 0 Å². The van der Waals surface area contributed by atoms with Gasteiger partial charge in [-0.15, -0.1) is 0 Å². The summed E-state index contributed by atoms with van der Waals surface area (Å²) in [6.45, 7) is -0.690. The Kier molecular flexibility index (Phi) is 5.94. The maximum absolute atomic E-state index is 12.9. The molecule has 0 radical (unpaired) electrons. The monoisotopic (exact) mass is 456 g/mol. The van der Waals surface area contributed by atoms with E-state index < -0.39 is 43.3 Å².